The van der Waals surface area contributed by atoms with Gasteiger partial charge < -0.3 is 10.0 Å². The van der Waals surface area contributed by atoms with E-state index in [0.717, 1.165) is 6.54 Å². The number of carboxylic acid groups (broad SMARTS) is 1. The van der Waals surface area contributed by atoms with Gasteiger partial charge in [0.25, 0.3) is 0 Å². The van der Waals surface area contributed by atoms with Gasteiger partial charge >= 0.3 is 5.97 Å². The maximum Gasteiger partial charge on any atom is 0.308 e. The lowest BCUT2D eigenvalue weighted by atomic mass is 9.86. The smallest absolute Gasteiger partial charge is 0.308 e. The van der Waals surface area contributed by atoms with Gasteiger partial charge in [-0.05, 0) is 32.0 Å². The quantitative estimate of drug-likeness (QED) is 0.849. The number of aliphatic carboxylic acids is 1. The third kappa shape index (κ3) is 2.34. The number of benzene rings is 1. The number of nitrogens with zero attached hydrogens (tertiary/aromatic N) is 1. The molecule has 0 radical (unpaired) electrons. The van der Waals surface area contributed by atoms with E-state index in [9.17, 15) is 9.90 Å². The van der Waals surface area contributed by atoms with E-state index in [1.807, 2.05) is 7.05 Å². The summed E-state index contributed by atoms with van der Waals surface area (Å²) in [5.74, 6) is -0.834. The normalized spacial score (nSPS) is 25.1. The van der Waals surface area contributed by atoms with Crippen LogP contribution in [0.2, 0.25) is 0 Å². The summed E-state index contributed by atoms with van der Waals surface area (Å²) >= 11 is 0. The predicted molar refractivity (Wildman–Crippen MR) is 67.3 cm³/mol. The molecule has 0 saturated carbocycles. The fraction of sp³-hybridized carbons (Fsp3) is 0.500. The van der Waals surface area contributed by atoms with E-state index in [1.165, 1.54) is 16.7 Å². The first-order valence-electron chi connectivity index (χ1n) is 5.97. The van der Waals surface area contributed by atoms with Gasteiger partial charge in [-0.3, -0.25) is 4.79 Å². The minimum atomic E-state index is -0.681. The van der Waals surface area contributed by atoms with E-state index in [2.05, 4.69) is 36.9 Å². The van der Waals surface area contributed by atoms with Crippen molar-refractivity contribution in [1.82, 2.24) is 4.90 Å². The topological polar surface area (TPSA) is 40.5 Å². The number of likely N-dealkylation sites (N-methyl/N-ethyl adjacent to an activating group) is 1. The highest BCUT2D eigenvalue weighted by Gasteiger charge is 2.37. The first-order valence-corrected chi connectivity index (χ1v) is 5.97. The monoisotopic (exact) mass is 233 g/mol. The van der Waals surface area contributed by atoms with Crippen LogP contribution in [0.1, 0.15) is 22.6 Å². The summed E-state index contributed by atoms with van der Waals surface area (Å²) in [6, 6.07) is 6.29. The number of carbonyl (C=O) groups is 1. The molecule has 3 heteroatoms. The second-order valence-corrected chi connectivity index (χ2v) is 5.13. The Kier molecular flexibility index (Phi) is 3.20. The Balaban J connectivity index is 2.34. The van der Waals surface area contributed by atoms with Crippen molar-refractivity contribution in [2.24, 2.45) is 5.92 Å². The minimum Gasteiger partial charge on any atom is -0.481 e. The molecular weight excluding hydrogens is 214 g/mol. The van der Waals surface area contributed by atoms with Gasteiger partial charge in [-0.1, -0.05) is 23.8 Å². The fourth-order valence-corrected chi connectivity index (χ4v) is 2.81. The van der Waals surface area contributed by atoms with Crippen LogP contribution < -0.4 is 0 Å². The Hall–Kier alpha value is -1.35. The van der Waals surface area contributed by atoms with Gasteiger partial charge in [0.15, 0.2) is 0 Å². The van der Waals surface area contributed by atoms with Crippen LogP contribution in [-0.2, 0) is 4.79 Å². The fourth-order valence-electron chi connectivity index (χ4n) is 2.81. The van der Waals surface area contributed by atoms with Crippen LogP contribution in [0.4, 0.5) is 0 Å². The molecule has 1 aliphatic heterocycles. The van der Waals surface area contributed by atoms with Crippen LogP contribution in [-0.4, -0.2) is 36.1 Å². The van der Waals surface area contributed by atoms with Crippen molar-refractivity contribution in [3.63, 3.8) is 0 Å². The molecule has 1 heterocycles. The number of hydrogen-bond acceptors (Lipinski definition) is 2. The van der Waals surface area contributed by atoms with E-state index in [4.69, 9.17) is 0 Å². The highest BCUT2D eigenvalue weighted by Crippen LogP contribution is 2.34. The molecule has 1 aromatic carbocycles. The highest BCUT2D eigenvalue weighted by molar-refractivity contribution is 5.72. The molecule has 0 aliphatic carbocycles. The van der Waals surface area contributed by atoms with E-state index in [1.54, 1.807) is 0 Å². The van der Waals surface area contributed by atoms with Crippen LogP contribution >= 0.6 is 0 Å². The summed E-state index contributed by atoms with van der Waals surface area (Å²) in [5, 5.41) is 9.28. The molecule has 2 rings (SSSR count). The summed E-state index contributed by atoms with van der Waals surface area (Å²) in [4.78, 5) is 13.4. The third-order valence-corrected chi connectivity index (χ3v) is 3.64. The molecule has 1 saturated heterocycles. The Morgan fingerprint density at radius 2 is 2.06 bits per heavy atom. The van der Waals surface area contributed by atoms with E-state index >= 15 is 0 Å². The minimum absolute atomic E-state index is 0.123. The van der Waals surface area contributed by atoms with Gasteiger partial charge in [-0.15, -0.1) is 0 Å². The second kappa shape index (κ2) is 4.49. The molecule has 1 N–H and O–H groups in total. The molecule has 2 unspecified atom stereocenters. The molecule has 0 amide bonds. The van der Waals surface area contributed by atoms with Crippen molar-refractivity contribution in [3.05, 3.63) is 34.9 Å². The summed E-state index contributed by atoms with van der Waals surface area (Å²) in [6.07, 6.45) is 0. The Labute approximate surface area is 102 Å². The average Bonchev–Trinajstić information content (AvgIpc) is 2.60. The van der Waals surface area contributed by atoms with Crippen molar-refractivity contribution < 1.29 is 9.90 Å². The number of rotatable bonds is 2. The van der Waals surface area contributed by atoms with Crippen LogP contribution in [0.3, 0.4) is 0 Å². The van der Waals surface area contributed by atoms with E-state index in [-0.39, 0.29) is 11.8 Å². The van der Waals surface area contributed by atoms with Crippen LogP contribution in [0.15, 0.2) is 18.2 Å². The first kappa shape index (κ1) is 12.1. The van der Waals surface area contributed by atoms with E-state index in [0.29, 0.717) is 6.54 Å². The zero-order chi connectivity index (χ0) is 12.6. The summed E-state index contributed by atoms with van der Waals surface area (Å²) in [5.41, 5.74) is 3.62. The largest absolute Gasteiger partial charge is 0.481 e. The Morgan fingerprint density at radius 3 is 2.65 bits per heavy atom. The van der Waals surface area contributed by atoms with Crippen LogP contribution in [0, 0.1) is 19.8 Å². The molecule has 3 nitrogen and oxygen atoms in total. The lowest BCUT2D eigenvalue weighted by molar-refractivity contribution is -0.141. The number of hydrogen-bond donors (Lipinski definition) is 1. The maximum atomic E-state index is 11.3. The van der Waals surface area contributed by atoms with E-state index < -0.39 is 5.97 Å². The predicted octanol–water partition coefficient (Wildman–Crippen LogP) is 2.03. The van der Waals surface area contributed by atoms with Gasteiger partial charge in [-0.2, -0.15) is 0 Å². The Bertz CT molecular complexity index is 442. The lowest BCUT2D eigenvalue weighted by Gasteiger charge is -2.18. The number of aryl methyl sites for hydroxylation is 2. The van der Waals surface area contributed by atoms with Crippen molar-refractivity contribution in [2.75, 3.05) is 20.1 Å². The Morgan fingerprint density at radius 1 is 1.35 bits per heavy atom. The molecule has 1 aromatic rings. The molecule has 0 spiro atoms. The zero-order valence-electron chi connectivity index (χ0n) is 10.6. The number of likely N-dealkylation sites (tertiary alicyclic amines) is 1. The van der Waals surface area contributed by atoms with Crippen molar-refractivity contribution in [1.29, 1.82) is 0 Å². The maximum absolute atomic E-state index is 11.3. The molecule has 0 aromatic heterocycles. The number of carboxylic acids is 1. The van der Waals surface area contributed by atoms with Gasteiger partial charge in [0, 0.05) is 19.0 Å². The molecule has 1 fully saturated rings. The summed E-state index contributed by atoms with van der Waals surface area (Å²) < 4.78 is 0. The molecular formula is C14H19NO2. The zero-order valence-corrected chi connectivity index (χ0v) is 10.6. The van der Waals surface area contributed by atoms with Gasteiger partial charge in [0.2, 0.25) is 0 Å². The van der Waals surface area contributed by atoms with Crippen molar-refractivity contribution >= 4 is 5.97 Å². The lowest BCUT2D eigenvalue weighted by Crippen LogP contribution is -2.21. The molecule has 17 heavy (non-hydrogen) atoms. The highest BCUT2D eigenvalue weighted by atomic mass is 16.4. The molecule has 0 bridgehead atoms. The third-order valence-electron chi connectivity index (χ3n) is 3.64. The summed E-state index contributed by atoms with van der Waals surface area (Å²) in [7, 11) is 1.99. The standard InChI is InChI=1S/C14H19NO2/c1-9-4-5-11(10(2)6-9)12-7-15(3)8-13(12)14(16)17/h4-6,12-13H,7-8H2,1-3H3,(H,16,17). The SMILES string of the molecule is Cc1ccc(C2CN(C)CC2C(=O)O)c(C)c1. The molecule has 92 valence electrons. The second-order valence-electron chi connectivity index (χ2n) is 5.13. The molecule has 2 atom stereocenters. The van der Waals surface area contributed by atoms with Crippen LogP contribution in [0.5, 0.6) is 0 Å². The van der Waals surface area contributed by atoms with Crippen LogP contribution in [0.25, 0.3) is 0 Å². The summed E-state index contributed by atoms with van der Waals surface area (Å²) in [6.45, 7) is 5.61. The van der Waals surface area contributed by atoms with Crippen molar-refractivity contribution in [2.45, 2.75) is 19.8 Å². The van der Waals surface area contributed by atoms with Gasteiger partial charge in [-0.25, -0.2) is 0 Å². The average molecular weight is 233 g/mol. The van der Waals surface area contributed by atoms with Gasteiger partial charge in [0.1, 0.15) is 0 Å². The van der Waals surface area contributed by atoms with Gasteiger partial charge in [0.05, 0.1) is 5.92 Å². The van der Waals surface area contributed by atoms with Crippen molar-refractivity contribution in [3.8, 4) is 0 Å². The first-order chi connectivity index (χ1) is 7.99. The molecule has 1 aliphatic rings.